The van der Waals surface area contributed by atoms with Crippen molar-refractivity contribution < 1.29 is 13.9 Å². The Morgan fingerprint density at radius 3 is 2.80 bits per heavy atom. The average Bonchev–Trinajstić information content (AvgIpc) is 2.21. The number of hydrogen-bond donors (Lipinski definition) is 1. The van der Waals surface area contributed by atoms with Crippen LogP contribution in [-0.2, 0) is 9.53 Å². The number of benzene rings is 1. The number of halogens is 1. The van der Waals surface area contributed by atoms with Crippen LogP contribution in [0, 0.1) is 12.7 Å². The van der Waals surface area contributed by atoms with E-state index in [1.807, 2.05) is 0 Å². The molecule has 0 aliphatic carbocycles. The van der Waals surface area contributed by atoms with Crippen LogP contribution in [0.5, 0.6) is 0 Å². The van der Waals surface area contributed by atoms with Crippen molar-refractivity contribution >= 4 is 5.97 Å². The van der Waals surface area contributed by atoms with Gasteiger partial charge in [-0.3, -0.25) is 4.79 Å². The van der Waals surface area contributed by atoms with Gasteiger partial charge < -0.3 is 10.5 Å². The summed E-state index contributed by atoms with van der Waals surface area (Å²) in [5.74, 6) is -0.645. The number of nitrogens with two attached hydrogens (primary N) is 1. The smallest absolute Gasteiger partial charge is 0.307 e. The van der Waals surface area contributed by atoms with Gasteiger partial charge in [-0.25, -0.2) is 4.39 Å². The molecule has 0 aliphatic heterocycles. The Morgan fingerprint density at radius 2 is 2.27 bits per heavy atom. The van der Waals surface area contributed by atoms with E-state index >= 15 is 0 Å². The van der Waals surface area contributed by atoms with E-state index in [0.29, 0.717) is 5.56 Å². The fourth-order valence-corrected chi connectivity index (χ4v) is 1.28. The second-order valence-electron chi connectivity index (χ2n) is 3.40. The lowest BCUT2D eigenvalue weighted by atomic mass is 10.0. The molecular formula is C11H14FNO2. The summed E-state index contributed by atoms with van der Waals surface area (Å²) < 4.78 is 17.5. The third kappa shape index (κ3) is 3.02. The van der Waals surface area contributed by atoms with Crippen molar-refractivity contribution in [1.82, 2.24) is 0 Å². The molecule has 0 spiro atoms. The first-order chi connectivity index (χ1) is 7.04. The number of rotatable bonds is 3. The number of carbonyl (C=O) groups excluding carboxylic acids is 1. The van der Waals surface area contributed by atoms with Crippen molar-refractivity contribution in [3.8, 4) is 0 Å². The first-order valence-corrected chi connectivity index (χ1v) is 4.63. The molecule has 2 N–H and O–H groups in total. The SMILES string of the molecule is COC(=O)C[C@@H](N)c1ccc(F)c(C)c1. The van der Waals surface area contributed by atoms with Gasteiger partial charge in [-0.1, -0.05) is 12.1 Å². The number of hydrogen-bond acceptors (Lipinski definition) is 3. The van der Waals surface area contributed by atoms with Crippen molar-refractivity contribution in [2.45, 2.75) is 19.4 Å². The monoisotopic (exact) mass is 211 g/mol. The minimum absolute atomic E-state index is 0.0988. The fraction of sp³-hybridized carbons (Fsp3) is 0.364. The first kappa shape index (κ1) is 11.7. The van der Waals surface area contributed by atoms with Crippen LogP contribution in [0.3, 0.4) is 0 Å². The molecule has 0 bridgehead atoms. The molecule has 1 aromatic rings. The van der Waals surface area contributed by atoms with Crippen LogP contribution in [-0.4, -0.2) is 13.1 Å². The van der Waals surface area contributed by atoms with Gasteiger partial charge in [0.2, 0.25) is 0 Å². The van der Waals surface area contributed by atoms with E-state index < -0.39 is 6.04 Å². The fourth-order valence-electron chi connectivity index (χ4n) is 1.28. The van der Waals surface area contributed by atoms with Crippen LogP contribution in [0.25, 0.3) is 0 Å². The molecular weight excluding hydrogens is 197 g/mol. The Labute approximate surface area is 88.0 Å². The second-order valence-corrected chi connectivity index (χ2v) is 3.40. The lowest BCUT2D eigenvalue weighted by molar-refractivity contribution is -0.141. The van der Waals surface area contributed by atoms with Gasteiger partial charge in [-0.2, -0.15) is 0 Å². The van der Waals surface area contributed by atoms with Gasteiger partial charge in [0.1, 0.15) is 5.82 Å². The summed E-state index contributed by atoms with van der Waals surface area (Å²) in [4.78, 5) is 11.0. The van der Waals surface area contributed by atoms with E-state index in [-0.39, 0.29) is 18.2 Å². The topological polar surface area (TPSA) is 52.3 Å². The van der Waals surface area contributed by atoms with Crippen molar-refractivity contribution in [2.75, 3.05) is 7.11 Å². The van der Waals surface area contributed by atoms with Crippen molar-refractivity contribution in [3.05, 3.63) is 35.1 Å². The molecule has 82 valence electrons. The highest BCUT2D eigenvalue weighted by molar-refractivity contribution is 5.70. The Morgan fingerprint density at radius 1 is 1.60 bits per heavy atom. The predicted molar refractivity (Wildman–Crippen MR) is 54.7 cm³/mol. The molecule has 0 unspecified atom stereocenters. The normalized spacial score (nSPS) is 12.3. The minimum Gasteiger partial charge on any atom is -0.469 e. The molecule has 4 heteroatoms. The molecule has 0 aromatic heterocycles. The van der Waals surface area contributed by atoms with E-state index in [9.17, 15) is 9.18 Å². The van der Waals surface area contributed by atoms with Gasteiger partial charge in [-0.05, 0) is 24.1 Å². The van der Waals surface area contributed by atoms with Crippen LogP contribution in [0.1, 0.15) is 23.6 Å². The highest BCUT2D eigenvalue weighted by Crippen LogP contribution is 2.17. The molecule has 0 saturated carbocycles. The maximum Gasteiger partial charge on any atom is 0.307 e. The molecule has 0 aliphatic rings. The number of aryl methyl sites for hydroxylation is 1. The summed E-state index contributed by atoms with van der Waals surface area (Å²) in [7, 11) is 1.31. The molecule has 1 atom stereocenters. The van der Waals surface area contributed by atoms with Crippen LogP contribution >= 0.6 is 0 Å². The Hall–Kier alpha value is -1.42. The quantitative estimate of drug-likeness (QED) is 0.774. The molecule has 0 radical (unpaired) electrons. The molecule has 0 fully saturated rings. The molecule has 3 nitrogen and oxygen atoms in total. The summed E-state index contributed by atoms with van der Waals surface area (Å²) in [6.07, 6.45) is 0.0988. The zero-order valence-corrected chi connectivity index (χ0v) is 8.79. The van der Waals surface area contributed by atoms with Gasteiger partial charge in [0.25, 0.3) is 0 Å². The van der Waals surface area contributed by atoms with E-state index in [1.165, 1.54) is 13.2 Å². The summed E-state index contributed by atoms with van der Waals surface area (Å²) in [5.41, 5.74) is 7.02. The standard InChI is InChI=1S/C11H14FNO2/c1-7-5-8(3-4-9(7)12)10(13)6-11(14)15-2/h3-5,10H,6,13H2,1-2H3/t10-/m1/s1. The van der Waals surface area contributed by atoms with Crippen LogP contribution in [0.4, 0.5) is 4.39 Å². The van der Waals surface area contributed by atoms with Crippen LogP contribution in [0.15, 0.2) is 18.2 Å². The molecule has 1 aromatic carbocycles. The lowest BCUT2D eigenvalue weighted by Crippen LogP contribution is -2.16. The van der Waals surface area contributed by atoms with Crippen LogP contribution in [0.2, 0.25) is 0 Å². The Balaban J connectivity index is 2.78. The van der Waals surface area contributed by atoms with Crippen LogP contribution < -0.4 is 5.73 Å². The van der Waals surface area contributed by atoms with Crippen molar-refractivity contribution in [2.24, 2.45) is 5.73 Å². The van der Waals surface area contributed by atoms with Crippen molar-refractivity contribution in [3.63, 3.8) is 0 Å². The summed E-state index contributed by atoms with van der Waals surface area (Å²) >= 11 is 0. The highest BCUT2D eigenvalue weighted by Gasteiger charge is 2.12. The Kier molecular flexibility index (Phi) is 3.80. The van der Waals surface area contributed by atoms with Crippen molar-refractivity contribution in [1.29, 1.82) is 0 Å². The number of carbonyl (C=O) groups is 1. The second kappa shape index (κ2) is 4.89. The number of esters is 1. The Bertz CT molecular complexity index is 366. The van der Waals surface area contributed by atoms with E-state index in [1.54, 1.807) is 19.1 Å². The molecule has 0 amide bonds. The molecule has 0 saturated heterocycles. The summed E-state index contributed by atoms with van der Waals surface area (Å²) in [5, 5.41) is 0. The lowest BCUT2D eigenvalue weighted by Gasteiger charge is -2.11. The third-order valence-electron chi connectivity index (χ3n) is 2.22. The zero-order chi connectivity index (χ0) is 11.4. The average molecular weight is 211 g/mol. The number of methoxy groups -OCH3 is 1. The molecule has 1 rings (SSSR count). The van der Waals surface area contributed by atoms with Gasteiger partial charge in [0, 0.05) is 6.04 Å². The van der Waals surface area contributed by atoms with Gasteiger partial charge in [0.05, 0.1) is 13.5 Å². The minimum atomic E-state index is -0.447. The van der Waals surface area contributed by atoms with Gasteiger partial charge in [-0.15, -0.1) is 0 Å². The highest BCUT2D eigenvalue weighted by atomic mass is 19.1. The maximum atomic E-state index is 13.0. The third-order valence-corrected chi connectivity index (χ3v) is 2.22. The van der Waals surface area contributed by atoms with Gasteiger partial charge >= 0.3 is 5.97 Å². The number of ether oxygens (including phenoxy) is 1. The van der Waals surface area contributed by atoms with Gasteiger partial charge in [0.15, 0.2) is 0 Å². The zero-order valence-electron chi connectivity index (χ0n) is 8.79. The van der Waals surface area contributed by atoms with E-state index in [0.717, 1.165) is 5.56 Å². The summed E-state index contributed by atoms with van der Waals surface area (Å²) in [6.45, 7) is 1.66. The first-order valence-electron chi connectivity index (χ1n) is 4.63. The molecule has 15 heavy (non-hydrogen) atoms. The van der Waals surface area contributed by atoms with E-state index in [2.05, 4.69) is 4.74 Å². The summed E-state index contributed by atoms with van der Waals surface area (Å²) in [6, 6.07) is 4.12. The maximum absolute atomic E-state index is 13.0. The predicted octanol–water partition coefficient (Wildman–Crippen LogP) is 1.70. The largest absolute Gasteiger partial charge is 0.469 e. The molecule has 0 heterocycles. The van der Waals surface area contributed by atoms with E-state index in [4.69, 9.17) is 5.73 Å².